The summed E-state index contributed by atoms with van der Waals surface area (Å²) in [5.41, 5.74) is 1.63. The Balaban J connectivity index is 2.33. The Kier molecular flexibility index (Phi) is 4.99. The van der Waals surface area contributed by atoms with Gasteiger partial charge >= 0.3 is 6.09 Å². The lowest BCUT2D eigenvalue weighted by molar-refractivity contribution is -0.110. The number of nitrogens with zero attached hydrogens (tertiary/aromatic N) is 1. The fraction of sp³-hybridized carbons (Fsp3) is 0.188. The van der Waals surface area contributed by atoms with Gasteiger partial charge in [0.15, 0.2) is 5.78 Å². The van der Waals surface area contributed by atoms with Crippen molar-refractivity contribution in [1.29, 1.82) is 0 Å². The number of anilines is 1. The average molecular weight is 348 g/mol. The maximum atomic E-state index is 12.4. The third-order valence-electron chi connectivity index (χ3n) is 3.26. The standard InChI is InChI=1S/C16H16N2O5S/c1-10-8-13(19)9-11(2)15(10)18-24(21,22)14-6-4-12(5-7-14)17-16(20)23-3/h4-9H,1-3H3,(H,17,20). The normalized spacial score (nSPS) is 14.6. The van der Waals surface area contributed by atoms with Crippen molar-refractivity contribution >= 4 is 33.3 Å². The molecule has 0 saturated heterocycles. The van der Waals surface area contributed by atoms with Crippen LogP contribution >= 0.6 is 0 Å². The molecule has 0 heterocycles. The maximum Gasteiger partial charge on any atom is 0.411 e. The van der Waals surface area contributed by atoms with Crippen LogP contribution in [0.5, 0.6) is 0 Å². The molecule has 0 bridgehead atoms. The molecule has 1 aliphatic carbocycles. The first-order valence-electron chi connectivity index (χ1n) is 6.94. The number of benzene rings is 1. The SMILES string of the molecule is COC(=O)Nc1ccc(S(=O)(=O)N=C2C(C)=CC(=O)C=C2C)cc1. The van der Waals surface area contributed by atoms with Gasteiger partial charge < -0.3 is 4.74 Å². The monoisotopic (exact) mass is 348 g/mol. The fourth-order valence-corrected chi connectivity index (χ4v) is 3.23. The van der Waals surface area contributed by atoms with Crippen molar-refractivity contribution in [2.24, 2.45) is 4.40 Å². The molecule has 24 heavy (non-hydrogen) atoms. The molecule has 0 fully saturated rings. The highest BCUT2D eigenvalue weighted by Gasteiger charge is 2.19. The highest BCUT2D eigenvalue weighted by Crippen LogP contribution is 2.20. The molecule has 7 nitrogen and oxygen atoms in total. The number of carbonyl (C=O) groups excluding carboxylic acids is 2. The second-order valence-corrected chi connectivity index (χ2v) is 6.72. The number of sulfonamides is 1. The van der Waals surface area contributed by atoms with Crippen LogP contribution in [0.25, 0.3) is 0 Å². The molecular formula is C16H16N2O5S. The van der Waals surface area contributed by atoms with Crippen LogP contribution in [-0.2, 0) is 19.6 Å². The topological polar surface area (TPSA) is 102 Å². The number of carbonyl (C=O) groups is 2. The van der Waals surface area contributed by atoms with Gasteiger partial charge in [0.1, 0.15) is 0 Å². The zero-order valence-corrected chi connectivity index (χ0v) is 14.2. The van der Waals surface area contributed by atoms with E-state index in [0.29, 0.717) is 16.8 Å². The van der Waals surface area contributed by atoms with Gasteiger partial charge in [0.05, 0.1) is 17.7 Å². The van der Waals surface area contributed by atoms with Gasteiger partial charge in [-0.1, -0.05) is 0 Å². The predicted molar refractivity (Wildman–Crippen MR) is 89.6 cm³/mol. The Morgan fingerprint density at radius 1 is 1.08 bits per heavy atom. The summed E-state index contributed by atoms with van der Waals surface area (Å²) < 4.78 is 33.1. The van der Waals surface area contributed by atoms with Crippen molar-refractivity contribution in [2.75, 3.05) is 12.4 Å². The van der Waals surface area contributed by atoms with Gasteiger partial charge in [0.25, 0.3) is 10.0 Å². The summed E-state index contributed by atoms with van der Waals surface area (Å²) >= 11 is 0. The average Bonchev–Trinajstić information content (AvgIpc) is 2.51. The number of ether oxygens (including phenoxy) is 1. The minimum absolute atomic E-state index is 0.0251. The quantitative estimate of drug-likeness (QED) is 0.846. The minimum Gasteiger partial charge on any atom is -0.453 e. The molecule has 1 aliphatic rings. The Hall–Kier alpha value is -2.74. The van der Waals surface area contributed by atoms with Crippen LogP contribution in [0.2, 0.25) is 0 Å². The van der Waals surface area contributed by atoms with Crippen LogP contribution in [0.4, 0.5) is 10.5 Å². The molecule has 1 amide bonds. The molecule has 0 radical (unpaired) electrons. The number of amides is 1. The number of methoxy groups -OCH3 is 1. The van der Waals surface area contributed by atoms with Crippen LogP contribution in [0.15, 0.2) is 56.9 Å². The van der Waals surface area contributed by atoms with E-state index in [0.717, 1.165) is 0 Å². The molecule has 0 spiro atoms. The number of hydrogen-bond donors (Lipinski definition) is 1. The summed E-state index contributed by atoms with van der Waals surface area (Å²) in [4.78, 5) is 22.5. The van der Waals surface area contributed by atoms with Crippen LogP contribution < -0.4 is 5.32 Å². The van der Waals surface area contributed by atoms with Gasteiger partial charge in [-0.25, -0.2) is 4.79 Å². The predicted octanol–water partition coefficient (Wildman–Crippen LogP) is 2.47. The lowest BCUT2D eigenvalue weighted by Gasteiger charge is -2.11. The number of ketones is 1. The van der Waals surface area contributed by atoms with E-state index in [1.165, 1.54) is 43.5 Å². The molecule has 1 aromatic carbocycles. The molecule has 0 atom stereocenters. The van der Waals surface area contributed by atoms with Gasteiger partial charge in [-0.3, -0.25) is 10.1 Å². The summed E-state index contributed by atoms with van der Waals surface area (Å²) in [6, 6.07) is 5.52. The number of nitrogens with one attached hydrogen (secondary N) is 1. The maximum absolute atomic E-state index is 12.4. The van der Waals surface area contributed by atoms with Crippen molar-refractivity contribution in [1.82, 2.24) is 0 Å². The Bertz CT molecular complexity index is 854. The summed E-state index contributed by atoms with van der Waals surface area (Å²) in [7, 11) is -2.72. The van der Waals surface area contributed by atoms with Gasteiger partial charge in [0.2, 0.25) is 0 Å². The van der Waals surface area contributed by atoms with E-state index in [9.17, 15) is 18.0 Å². The second-order valence-electron chi connectivity index (χ2n) is 5.11. The summed E-state index contributed by atoms with van der Waals surface area (Å²) in [5.74, 6) is -0.195. The molecule has 1 N–H and O–H groups in total. The van der Waals surface area contributed by atoms with E-state index < -0.39 is 16.1 Å². The Morgan fingerprint density at radius 3 is 2.12 bits per heavy atom. The summed E-state index contributed by atoms with van der Waals surface area (Å²) in [5, 5.41) is 2.42. The van der Waals surface area contributed by atoms with Crippen molar-refractivity contribution in [3.05, 3.63) is 47.6 Å². The second kappa shape index (κ2) is 6.79. The van der Waals surface area contributed by atoms with Crippen molar-refractivity contribution in [2.45, 2.75) is 18.7 Å². The first kappa shape index (κ1) is 17.6. The highest BCUT2D eigenvalue weighted by molar-refractivity contribution is 7.90. The van der Waals surface area contributed by atoms with E-state index in [1.54, 1.807) is 13.8 Å². The van der Waals surface area contributed by atoms with E-state index in [4.69, 9.17) is 0 Å². The number of rotatable bonds is 3. The van der Waals surface area contributed by atoms with E-state index in [1.807, 2.05) is 0 Å². The molecule has 0 saturated carbocycles. The molecule has 8 heteroatoms. The lowest BCUT2D eigenvalue weighted by atomic mass is 9.98. The van der Waals surface area contributed by atoms with Crippen molar-refractivity contribution < 1.29 is 22.7 Å². The van der Waals surface area contributed by atoms with Gasteiger partial charge in [0, 0.05) is 5.69 Å². The fourth-order valence-electron chi connectivity index (χ4n) is 2.11. The Labute approximate surface area is 139 Å². The summed E-state index contributed by atoms with van der Waals surface area (Å²) in [6.45, 7) is 3.26. The first-order valence-corrected chi connectivity index (χ1v) is 8.38. The molecule has 0 aromatic heterocycles. The third-order valence-corrected chi connectivity index (χ3v) is 4.55. The highest BCUT2D eigenvalue weighted by atomic mass is 32.2. The number of allylic oxidation sites excluding steroid dienone is 4. The van der Waals surface area contributed by atoms with Crippen LogP contribution in [0.3, 0.4) is 0 Å². The molecule has 1 aromatic rings. The first-order chi connectivity index (χ1) is 11.2. The lowest BCUT2D eigenvalue weighted by Crippen LogP contribution is -2.14. The van der Waals surface area contributed by atoms with Crippen LogP contribution in [-0.4, -0.2) is 33.1 Å². The minimum atomic E-state index is -3.94. The van der Waals surface area contributed by atoms with Crippen LogP contribution in [0.1, 0.15) is 13.8 Å². The third kappa shape index (κ3) is 3.96. The molecular weight excluding hydrogens is 332 g/mol. The zero-order chi connectivity index (χ0) is 17.9. The van der Waals surface area contributed by atoms with E-state index in [2.05, 4.69) is 14.5 Å². The molecule has 2 rings (SSSR count). The van der Waals surface area contributed by atoms with Gasteiger partial charge in [-0.05, 0) is 61.4 Å². The zero-order valence-electron chi connectivity index (χ0n) is 13.4. The largest absolute Gasteiger partial charge is 0.453 e. The van der Waals surface area contributed by atoms with Crippen LogP contribution in [0, 0.1) is 0 Å². The summed E-state index contributed by atoms with van der Waals surface area (Å²) in [6.07, 6.45) is 2.02. The van der Waals surface area contributed by atoms with Crippen molar-refractivity contribution in [3.63, 3.8) is 0 Å². The van der Waals surface area contributed by atoms with Crippen molar-refractivity contribution in [3.8, 4) is 0 Å². The van der Waals surface area contributed by atoms with Gasteiger partial charge in [-0.15, -0.1) is 0 Å². The number of hydrogen-bond acceptors (Lipinski definition) is 5. The molecule has 0 unspecified atom stereocenters. The van der Waals surface area contributed by atoms with Gasteiger partial charge in [-0.2, -0.15) is 12.8 Å². The smallest absolute Gasteiger partial charge is 0.411 e. The molecule has 126 valence electrons. The van der Waals surface area contributed by atoms with E-state index in [-0.39, 0.29) is 16.4 Å². The Morgan fingerprint density at radius 2 is 1.62 bits per heavy atom. The van der Waals surface area contributed by atoms with E-state index >= 15 is 0 Å². The molecule has 0 aliphatic heterocycles.